The molecule has 2 saturated heterocycles. The fourth-order valence-electron chi connectivity index (χ4n) is 3.69. The molecule has 4 rings (SSSR count). The molecular weight excluding hydrogens is 292 g/mol. The van der Waals surface area contributed by atoms with Crippen molar-refractivity contribution in [3.05, 3.63) is 47.9 Å². The third kappa shape index (κ3) is 2.23. The maximum atomic E-state index is 13.0. The first-order valence-corrected chi connectivity index (χ1v) is 7.98. The summed E-state index contributed by atoms with van der Waals surface area (Å²) in [7, 11) is 1.64. The number of hydrogen-bond donors (Lipinski definition) is 0. The average Bonchev–Trinajstić information content (AvgIpc) is 3.25. The Morgan fingerprint density at radius 2 is 2.13 bits per heavy atom. The fraction of sp³-hybridized carbons (Fsp3) is 0.389. The van der Waals surface area contributed by atoms with Gasteiger partial charge in [-0.2, -0.15) is 0 Å². The van der Waals surface area contributed by atoms with Crippen molar-refractivity contribution in [2.24, 2.45) is 0 Å². The van der Waals surface area contributed by atoms with Crippen LogP contribution < -0.4 is 9.64 Å². The molecule has 0 bridgehead atoms. The fourth-order valence-corrected chi connectivity index (χ4v) is 3.69. The second kappa shape index (κ2) is 5.42. The van der Waals surface area contributed by atoms with Crippen LogP contribution in [0.3, 0.4) is 0 Å². The van der Waals surface area contributed by atoms with Crippen LogP contribution in [0.2, 0.25) is 0 Å². The smallest absolute Gasteiger partial charge is 0.246 e. The quantitative estimate of drug-likeness (QED) is 0.873. The van der Waals surface area contributed by atoms with Crippen LogP contribution in [0.1, 0.15) is 30.5 Å². The molecular formula is C18H20N2O3. The number of furan rings is 1. The van der Waals surface area contributed by atoms with Crippen molar-refractivity contribution in [3.8, 4) is 5.75 Å². The number of amides is 1. The lowest BCUT2D eigenvalue weighted by Gasteiger charge is -2.27. The van der Waals surface area contributed by atoms with Gasteiger partial charge in [-0.25, -0.2) is 0 Å². The molecule has 1 aromatic heterocycles. The van der Waals surface area contributed by atoms with Gasteiger partial charge in [-0.15, -0.1) is 0 Å². The van der Waals surface area contributed by atoms with Gasteiger partial charge < -0.3 is 9.15 Å². The van der Waals surface area contributed by atoms with E-state index >= 15 is 0 Å². The molecule has 0 N–H and O–H groups in total. The molecule has 0 spiro atoms. The number of benzene rings is 1. The molecule has 2 aliphatic rings. The number of ether oxygens (including phenoxy) is 1. The minimum atomic E-state index is -0.171. The maximum Gasteiger partial charge on any atom is 0.246 e. The lowest BCUT2D eigenvalue weighted by molar-refractivity contribution is -0.119. The van der Waals surface area contributed by atoms with Gasteiger partial charge in [0.25, 0.3) is 0 Å². The van der Waals surface area contributed by atoms with E-state index in [2.05, 4.69) is 4.90 Å². The SMILES string of the molecule is COc1cccc(N2C(=O)C3CCCN3C2c2ccc(C)o2)c1. The van der Waals surface area contributed by atoms with E-state index in [1.54, 1.807) is 7.11 Å². The molecule has 23 heavy (non-hydrogen) atoms. The predicted molar refractivity (Wildman–Crippen MR) is 86.4 cm³/mol. The summed E-state index contributed by atoms with van der Waals surface area (Å²) in [6.07, 6.45) is 1.80. The van der Waals surface area contributed by atoms with E-state index in [0.717, 1.165) is 42.3 Å². The monoisotopic (exact) mass is 312 g/mol. The Morgan fingerprint density at radius 3 is 2.87 bits per heavy atom. The van der Waals surface area contributed by atoms with Crippen molar-refractivity contribution in [2.75, 3.05) is 18.6 Å². The summed E-state index contributed by atoms with van der Waals surface area (Å²) in [5.74, 6) is 2.58. The van der Waals surface area contributed by atoms with Gasteiger partial charge in [-0.1, -0.05) is 6.07 Å². The summed E-state index contributed by atoms with van der Waals surface area (Å²) in [5.41, 5.74) is 0.850. The molecule has 3 heterocycles. The molecule has 0 saturated carbocycles. The van der Waals surface area contributed by atoms with Gasteiger partial charge in [0.05, 0.1) is 13.2 Å². The van der Waals surface area contributed by atoms with Crippen molar-refractivity contribution in [1.82, 2.24) is 4.90 Å². The zero-order chi connectivity index (χ0) is 16.0. The number of fused-ring (bicyclic) bond motifs is 1. The van der Waals surface area contributed by atoms with E-state index in [9.17, 15) is 4.79 Å². The molecule has 1 amide bonds. The summed E-state index contributed by atoms with van der Waals surface area (Å²) in [5, 5.41) is 0. The number of carbonyl (C=O) groups excluding carboxylic acids is 1. The molecule has 5 heteroatoms. The number of anilines is 1. The van der Waals surface area contributed by atoms with E-state index in [0.29, 0.717) is 0 Å². The number of methoxy groups -OCH3 is 1. The van der Waals surface area contributed by atoms with Crippen molar-refractivity contribution < 1.29 is 13.9 Å². The highest BCUT2D eigenvalue weighted by Gasteiger charge is 2.50. The second-order valence-corrected chi connectivity index (χ2v) is 6.13. The van der Waals surface area contributed by atoms with E-state index in [4.69, 9.17) is 9.15 Å². The molecule has 0 aliphatic carbocycles. The molecule has 2 aliphatic heterocycles. The Kier molecular flexibility index (Phi) is 3.38. The van der Waals surface area contributed by atoms with Gasteiger partial charge in [-0.3, -0.25) is 14.6 Å². The molecule has 0 radical (unpaired) electrons. The largest absolute Gasteiger partial charge is 0.497 e. The Balaban J connectivity index is 1.80. The van der Waals surface area contributed by atoms with Crippen molar-refractivity contribution in [3.63, 3.8) is 0 Å². The number of aryl methyl sites for hydroxylation is 1. The first-order valence-electron chi connectivity index (χ1n) is 7.98. The van der Waals surface area contributed by atoms with Crippen molar-refractivity contribution in [2.45, 2.75) is 32.0 Å². The van der Waals surface area contributed by atoms with Gasteiger partial charge in [-0.05, 0) is 44.0 Å². The summed E-state index contributed by atoms with van der Waals surface area (Å²) >= 11 is 0. The van der Waals surface area contributed by atoms with Crippen molar-refractivity contribution >= 4 is 11.6 Å². The van der Waals surface area contributed by atoms with Gasteiger partial charge in [0.1, 0.15) is 23.4 Å². The van der Waals surface area contributed by atoms with Crippen LogP contribution in [0.5, 0.6) is 5.75 Å². The Labute approximate surface area is 135 Å². The summed E-state index contributed by atoms with van der Waals surface area (Å²) < 4.78 is 11.2. The van der Waals surface area contributed by atoms with E-state index in [1.807, 2.05) is 48.2 Å². The van der Waals surface area contributed by atoms with Gasteiger partial charge in [0.2, 0.25) is 5.91 Å². The first kappa shape index (κ1) is 14.3. The zero-order valence-corrected chi connectivity index (χ0v) is 13.4. The highest BCUT2D eigenvalue weighted by atomic mass is 16.5. The lowest BCUT2D eigenvalue weighted by atomic mass is 10.2. The van der Waals surface area contributed by atoms with Crippen LogP contribution in [-0.4, -0.2) is 30.5 Å². The van der Waals surface area contributed by atoms with E-state index in [1.165, 1.54) is 0 Å². The third-order valence-corrected chi connectivity index (χ3v) is 4.72. The minimum Gasteiger partial charge on any atom is -0.497 e. The Bertz CT molecular complexity index is 739. The normalized spacial score (nSPS) is 24.3. The number of nitrogens with zero attached hydrogens (tertiary/aromatic N) is 2. The number of rotatable bonds is 3. The maximum absolute atomic E-state index is 13.0. The van der Waals surface area contributed by atoms with Gasteiger partial charge in [0.15, 0.2) is 0 Å². The standard InChI is InChI=1S/C18H20N2O3/c1-12-8-9-16(23-12)17-19-10-4-7-15(19)18(21)20(17)13-5-3-6-14(11-13)22-2/h3,5-6,8-9,11,15,17H,4,7,10H2,1-2H3. The molecule has 2 fully saturated rings. The molecule has 2 unspecified atom stereocenters. The zero-order valence-electron chi connectivity index (χ0n) is 13.4. The predicted octanol–water partition coefficient (Wildman–Crippen LogP) is 3.11. The van der Waals surface area contributed by atoms with E-state index < -0.39 is 0 Å². The van der Waals surface area contributed by atoms with Crippen LogP contribution in [0.15, 0.2) is 40.8 Å². The average molecular weight is 312 g/mol. The van der Waals surface area contributed by atoms with Gasteiger partial charge in [0, 0.05) is 18.3 Å². The molecule has 120 valence electrons. The third-order valence-electron chi connectivity index (χ3n) is 4.72. The molecule has 2 atom stereocenters. The minimum absolute atomic E-state index is 0.0448. The highest BCUT2D eigenvalue weighted by molar-refractivity contribution is 6.00. The van der Waals surface area contributed by atoms with Gasteiger partial charge >= 0.3 is 0 Å². The first-order chi connectivity index (χ1) is 11.2. The lowest BCUT2D eigenvalue weighted by Crippen LogP contribution is -2.32. The molecule has 5 nitrogen and oxygen atoms in total. The van der Waals surface area contributed by atoms with Crippen LogP contribution >= 0.6 is 0 Å². The molecule has 2 aromatic rings. The highest BCUT2D eigenvalue weighted by Crippen LogP contribution is 2.43. The topological polar surface area (TPSA) is 45.9 Å². The number of carbonyl (C=O) groups is 1. The van der Waals surface area contributed by atoms with Crippen LogP contribution in [0.25, 0.3) is 0 Å². The Morgan fingerprint density at radius 1 is 1.26 bits per heavy atom. The van der Waals surface area contributed by atoms with Crippen molar-refractivity contribution in [1.29, 1.82) is 0 Å². The summed E-state index contributed by atoms with van der Waals surface area (Å²) in [6.45, 7) is 2.85. The Hall–Kier alpha value is -2.27. The molecule has 1 aromatic carbocycles. The van der Waals surface area contributed by atoms with Crippen LogP contribution in [0.4, 0.5) is 5.69 Å². The number of hydrogen-bond acceptors (Lipinski definition) is 4. The summed E-state index contributed by atoms with van der Waals surface area (Å²) in [4.78, 5) is 17.1. The summed E-state index contributed by atoms with van der Waals surface area (Å²) in [6, 6.07) is 11.5. The van der Waals surface area contributed by atoms with Crippen LogP contribution in [0, 0.1) is 6.92 Å². The second-order valence-electron chi connectivity index (χ2n) is 6.13. The van der Waals surface area contributed by atoms with Crippen LogP contribution in [-0.2, 0) is 4.79 Å². The van der Waals surface area contributed by atoms with E-state index in [-0.39, 0.29) is 18.1 Å².